The molecule has 0 fully saturated rings. The normalized spacial score (nSPS) is 15.2. The first-order valence-electron chi connectivity index (χ1n) is 6.59. The lowest BCUT2D eigenvalue weighted by Crippen LogP contribution is -2.23. The Hall–Kier alpha value is -1.02. The molecular weight excluding hydrogens is 466 g/mol. The van der Waals surface area contributed by atoms with E-state index in [0.29, 0.717) is 5.56 Å². The summed E-state index contributed by atoms with van der Waals surface area (Å²) >= 11 is 6.61. The molecule has 0 saturated carbocycles. The Balaban J connectivity index is 2.49. The number of halogens is 8. The fourth-order valence-corrected chi connectivity index (χ4v) is 3.34. The van der Waals surface area contributed by atoms with Gasteiger partial charge in [0.15, 0.2) is 0 Å². The summed E-state index contributed by atoms with van der Waals surface area (Å²) in [6.07, 6.45) is -8.98. The van der Waals surface area contributed by atoms with E-state index in [0.717, 1.165) is 24.3 Å². The van der Waals surface area contributed by atoms with Crippen molar-refractivity contribution in [2.45, 2.75) is 16.7 Å². The molecule has 0 aliphatic heterocycles. The van der Waals surface area contributed by atoms with E-state index >= 15 is 0 Å². The smallest absolute Gasteiger partial charge is 0.166 e. The molecule has 1 atom stereocenters. The summed E-state index contributed by atoms with van der Waals surface area (Å²) in [6, 6.07) is 8.98. The van der Waals surface area contributed by atoms with Crippen LogP contribution in [0.2, 0.25) is 0 Å². The van der Waals surface area contributed by atoms with Crippen LogP contribution in [0.5, 0.6) is 0 Å². The summed E-state index contributed by atoms with van der Waals surface area (Å²) in [5.41, 5.74) is -0.947. The van der Waals surface area contributed by atoms with Crippen LogP contribution in [0, 0.1) is 0 Å². The Labute approximate surface area is 151 Å². The average molecular weight is 476 g/mol. The zero-order chi connectivity index (χ0) is 18.2. The lowest BCUT2D eigenvalue weighted by Gasteiger charge is -2.27. The second kappa shape index (κ2) is 6.71. The van der Waals surface area contributed by atoms with Gasteiger partial charge in [-0.15, -0.1) is 0 Å². The lowest BCUT2D eigenvalue weighted by atomic mass is 9.91. The second-order valence-corrected chi connectivity index (χ2v) is 7.00. The van der Waals surface area contributed by atoms with Gasteiger partial charge in [-0.1, -0.05) is 56.1 Å². The molecule has 0 N–H and O–H groups in total. The van der Waals surface area contributed by atoms with E-state index in [1.165, 1.54) is 24.3 Å². The zero-order valence-electron chi connectivity index (χ0n) is 11.8. The maximum absolute atomic E-state index is 12.9. The molecule has 0 nitrogen and oxygen atoms in total. The van der Waals surface area contributed by atoms with Crippen molar-refractivity contribution < 1.29 is 26.3 Å². The molecule has 0 heterocycles. The molecule has 0 aliphatic carbocycles. The molecule has 24 heavy (non-hydrogen) atoms. The van der Waals surface area contributed by atoms with Crippen molar-refractivity contribution in [2.24, 2.45) is 0 Å². The first-order valence-corrected chi connectivity index (χ1v) is 8.50. The van der Waals surface area contributed by atoms with Crippen LogP contribution in [0.15, 0.2) is 48.5 Å². The molecule has 0 radical (unpaired) electrons. The topological polar surface area (TPSA) is 0 Å². The molecular formula is C16H10Br2F6. The fourth-order valence-electron chi connectivity index (χ4n) is 2.19. The first-order chi connectivity index (χ1) is 11.0. The maximum atomic E-state index is 12.9. The quantitative estimate of drug-likeness (QED) is 0.340. The van der Waals surface area contributed by atoms with Crippen molar-refractivity contribution in [1.82, 2.24) is 0 Å². The SMILES string of the molecule is FC(F)(F)c1ccc(C(Br)(CBr)c2cccc(C(F)(F)F)c2)cc1. The number of alkyl halides is 8. The monoisotopic (exact) mass is 474 g/mol. The highest BCUT2D eigenvalue weighted by Crippen LogP contribution is 2.43. The van der Waals surface area contributed by atoms with Gasteiger partial charge in [-0.3, -0.25) is 0 Å². The van der Waals surface area contributed by atoms with Gasteiger partial charge in [0.2, 0.25) is 0 Å². The van der Waals surface area contributed by atoms with Gasteiger partial charge in [-0.2, -0.15) is 26.3 Å². The van der Waals surface area contributed by atoms with E-state index in [-0.39, 0.29) is 10.9 Å². The molecule has 0 saturated heterocycles. The summed E-state index contributed by atoms with van der Waals surface area (Å²) in [7, 11) is 0. The molecule has 0 aromatic heterocycles. The van der Waals surface area contributed by atoms with Crippen molar-refractivity contribution in [1.29, 1.82) is 0 Å². The highest BCUT2D eigenvalue weighted by atomic mass is 79.9. The van der Waals surface area contributed by atoms with Gasteiger partial charge in [0, 0.05) is 5.33 Å². The average Bonchev–Trinajstić information content (AvgIpc) is 2.53. The summed E-state index contributed by atoms with van der Waals surface area (Å²) in [5, 5.41) is 0.173. The summed E-state index contributed by atoms with van der Waals surface area (Å²) in [6.45, 7) is 0. The van der Waals surface area contributed by atoms with E-state index in [1.54, 1.807) is 0 Å². The molecule has 0 bridgehead atoms. The van der Waals surface area contributed by atoms with Crippen molar-refractivity contribution in [3.8, 4) is 0 Å². The number of rotatable bonds is 3. The van der Waals surface area contributed by atoms with Crippen molar-refractivity contribution in [3.05, 3.63) is 70.8 Å². The molecule has 0 amide bonds. The molecule has 2 rings (SSSR count). The van der Waals surface area contributed by atoms with Gasteiger partial charge in [0.05, 0.1) is 15.5 Å². The summed E-state index contributed by atoms with van der Waals surface area (Å²) in [4.78, 5) is 0. The van der Waals surface area contributed by atoms with Crippen molar-refractivity contribution in [3.63, 3.8) is 0 Å². The Morgan fingerprint density at radius 3 is 1.58 bits per heavy atom. The minimum atomic E-state index is -4.50. The number of hydrogen-bond donors (Lipinski definition) is 0. The van der Waals surface area contributed by atoms with Crippen molar-refractivity contribution >= 4 is 31.9 Å². The Morgan fingerprint density at radius 1 is 0.667 bits per heavy atom. The number of hydrogen-bond acceptors (Lipinski definition) is 0. The second-order valence-electron chi connectivity index (χ2n) is 5.09. The van der Waals surface area contributed by atoms with E-state index in [1.807, 2.05) is 0 Å². The molecule has 1 unspecified atom stereocenters. The Morgan fingerprint density at radius 2 is 1.12 bits per heavy atom. The highest BCUT2D eigenvalue weighted by Gasteiger charge is 2.36. The standard InChI is InChI=1S/C16H10Br2F6/c17-9-14(18,10-4-6-11(7-5-10)15(19,20)21)12-2-1-3-13(8-12)16(22,23)24/h1-8H,9H2. The minimum Gasteiger partial charge on any atom is -0.166 e. The van der Waals surface area contributed by atoms with E-state index in [4.69, 9.17) is 0 Å². The molecule has 0 spiro atoms. The van der Waals surface area contributed by atoms with Crippen LogP contribution in [0.25, 0.3) is 0 Å². The first kappa shape index (κ1) is 19.3. The van der Waals surface area contributed by atoms with Crippen LogP contribution < -0.4 is 0 Å². The van der Waals surface area contributed by atoms with Gasteiger partial charge < -0.3 is 0 Å². The molecule has 130 valence electrons. The zero-order valence-corrected chi connectivity index (χ0v) is 15.0. The van der Waals surface area contributed by atoms with E-state index in [2.05, 4.69) is 31.9 Å². The Bertz CT molecular complexity index is 706. The van der Waals surface area contributed by atoms with E-state index < -0.39 is 27.8 Å². The summed E-state index contributed by atoms with van der Waals surface area (Å²) < 4.78 is 75.6. The van der Waals surface area contributed by atoms with Gasteiger partial charge in [0.1, 0.15) is 0 Å². The number of benzene rings is 2. The van der Waals surface area contributed by atoms with Crippen LogP contribution in [0.3, 0.4) is 0 Å². The predicted molar refractivity (Wildman–Crippen MR) is 86.4 cm³/mol. The minimum absolute atomic E-state index is 0.173. The third-order valence-corrected chi connectivity index (χ3v) is 6.29. The predicted octanol–water partition coefficient (Wildman–Crippen LogP) is 6.76. The van der Waals surface area contributed by atoms with Gasteiger partial charge >= 0.3 is 12.4 Å². The molecule has 8 heteroatoms. The summed E-state index contributed by atoms with van der Waals surface area (Å²) in [5.74, 6) is 0. The van der Waals surface area contributed by atoms with Gasteiger partial charge in [0.25, 0.3) is 0 Å². The van der Waals surface area contributed by atoms with Gasteiger partial charge in [-0.25, -0.2) is 0 Å². The van der Waals surface area contributed by atoms with E-state index in [9.17, 15) is 26.3 Å². The molecule has 2 aromatic rings. The van der Waals surface area contributed by atoms with Crippen LogP contribution in [0.4, 0.5) is 26.3 Å². The van der Waals surface area contributed by atoms with Crippen LogP contribution >= 0.6 is 31.9 Å². The third kappa shape index (κ3) is 3.96. The largest absolute Gasteiger partial charge is 0.416 e. The van der Waals surface area contributed by atoms with Gasteiger partial charge in [-0.05, 0) is 35.4 Å². The van der Waals surface area contributed by atoms with Crippen molar-refractivity contribution in [2.75, 3.05) is 5.33 Å². The molecule has 0 aliphatic rings. The van der Waals surface area contributed by atoms with Crippen LogP contribution in [-0.4, -0.2) is 5.33 Å². The third-order valence-electron chi connectivity index (χ3n) is 3.50. The Kier molecular flexibility index (Phi) is 5.40. The maximum Gasteiger partial charge on any atom is 0.416 e. The highest BCUT2D eigenvalue weighted by molar-refractivity contribution is 9.12. The van der Waals surface area contributed by atoms with Crippen LogP contribution in [0.1, 0.15) is 22.3 Å². The fraction of sp³-hybridized carbons (Fsp3) is 0.250. The lowest BCUT2D eigenvalue weighted by molar-refractivity contribution is -0.138. The van der Waals surface area contributed by atoms with Crippen LogP contribution in [-0.2, 0) is 16.7 Å². The molecule has 2 aromatic carbocycles.